The van der Waals surface area contributed by atoms with E-state index in [1.165, 1.54) is 43.5 Å². The van der Waals surface area contributed by atoms with Gasteiger partial charge in [0, 0.05) is 32.7 Å². The maximum Gasteiger partial charge on any atom is 0.191 e. The van der Waals surface area contributed by atoms with Crippen LogP contribution in [0.25, 0.3) is 0 Å². The third-order valence-electron chi connectivity index (χ3n) is 5.32. The van der Waals surface area contributed by atoms with Crippen molar-refractivity contribution in [3.05, 3.63) is 35.4 Å². The normalized spacial score (nSPS) is 24.7. The largest absolute Gasteiger partial charge is 0.370 e. The topological polar surface area (TPSA) is 44.9 Å². The Morgan fingerprint density at radius 1 is 1.16 bits per heavy atom. The van der Waals surface area contributed by atoms with Gasteiger partial charge in [0.15, 0.2) is 5.96 Å². The summed E-state index contributed by atoms with van der Waals surface area (Å²) in [4.78, 5) is 9.36. The molecule has 2 fully saturated rings. The fourth-order valence-electron chi connectivity index (χ4n) is 3.95. The molecular weight excluding hydrogens is 423 g/mol. The van der Waals surface area contributed by atoms with Crippen molar-refractivity contribution in [2.75, 3.05) is 20.1 Å². The molecule has 1 saturated heterocycles. The molecule has 0 aromatic heterocycles. The zero-order valence-electron chi connectivity index (χ0n) is 15.8. The quantitative estimate of drug-likeness (QED) is 0.418. The molecule has 1 heterocycles. The lowest BCUT2D eigenvalue weighted by Gasteiger charge is -2.35. The van der Waals surface area contributed by atoms with Crippen LogP contribution in [0, 0.1) is 11.8 Å². The molecule has 0 amide bonds. The maximum absolute atomic E-state index is 6.14. The molecule has 5 heteroatoms. The number of halogens is 1. The Balaban J connectivity index is 0.00000225. The van der Waals surface area contributed by atoms with Crippen LogP contribution in [-0.4, -0.2) is 41.9 Å². The van der Waals surface area contributed by atoms with E-state index in [2.05, 4.69) is 60.0 Å². The summed E-state index contributed by atoms with van der Waals surface area (Å²) in [5.41, 5.74) is 8.84. The molecule has 1 aromatic rings. The van der Waals surface area contributed by atoms with Gasteiger partial charge in [-0.05, 0) is 42.2 Å². The minimum atomic E-state index is 0. The lowest BCUT2D eigenvalue weighted by molar-refractivity contribution is 0.134. The third kappa shape index (κ3) is 5.84. The Labute approximate surface area is 169 Å². The average molecular weight is 456 g/mol. The van der Waals surface area contributed by atoms with Crippen LogP contribution in [0.15, 0.2) is 29.3 Å². The lowest BCUT2D eigenvalue weighted by Crippen LogP contribution is -2.38. The number of likely N-dealkylation sites (tertiary alicyclic amines) is 1. The van der Waals surface area contributed by atoms with Gasteiger partial charge in [-0.3, -0.25) is 4.90 Å². The second-order valence-electron chi connectivity index (χ2n) is 7.93. The highest BCUT2D eigenvalue weighted by molar-refractivity contribution is 14.0. The third-order valence-corrected chi connectivity index (χ3v) is 5.32. The van der Waals surface area contributed by atoms with Gasteiger partial charge in [-0.25, -0.2) is 4.99 Å². The van der Waals surface area contributed by atoms with Crippen molar-refractivity contribution in [3.63, 3.8) is 0 Å². The van der Waals surface area contributed by atoms with Crippen LogP contribution in [0.1, 0.15) is 44.2 Å². The summed E-state index contributed by atoms with van der Waals surface area (Å²) in [6.45, 7) is 8.85. The van der Waals surface area contributed by atoms with Crippen LogP contribution in [0.3, 0.4) is 0 Å². The summed E-state index contributed by atoms with van der Waals surface area (Å²) in [5.74, 6) is 2.26. The predicted octanol–water partition coefficient (Wildman–Crippen LogP) is 3.69. The van der Waals surface area contributed by atoms with Crippen molar-refractivity contribution < 1.29 is 0 Å². The Bertz CT molecular complexity index is 575. The van der Waals surface area contributed by atoms with E-state index in [0.717, 1.165) is 18.4 Å². The number of benzene rings is 1. The molecule has 0 bridgehead atoms. The van der Waals surface area contributed by atoms with Gasteiger partial charge in [0.05, 0.1) is 6.54 Å². The summed E-state index contributed by atoms with van der Waals surface area (Å²) in [6, 6.07) is 9.30. The molecule has 1 aliphatic carbocycles. The highest BCUT2D eigenvalue weighted by atomic mass is 127. The smallest absolute Gasteiger partial charge is 0.191 e. The monoisotopic (exact) mass is 456 g/mol. The Kier molecular flexibility index (Phi) is 7.55. The van der Waals surface area contributed by atoms with E-state index in [-0.39, 0.29) is 24.0 Å². The number of hydrogen-bond acceptors (Lipinski definition) is 2. The van der Waals surface area contributed by atoms with Gasteiger partial charge in [-0.15, -0.1) is 24.0 Å². The number of hydrogen-bond donors (Lipinski definition) is 1. The highest BCUT2D eigenvalue weighted by Gasteiger charge is 2.27. The zero-order valence-corrected chi connectivity index (χ0v) is 18.1. The second kappa shape index (κ2) is 9.21. The molecule has 4 nitrogen and oxygen atoms in total. The maximum atomic E-state index is 6.14. The van der Waals surface area contributed by atoms with E-state index in [1.54, 1.807) is 0 Å². The summed E-state index contributed by atoms with van der Waals surface area (Å²) in [6.07, 6.45) is 3.84. The van der Waals surface area contributed by atoms with E-state index < -0.39 is 0 Å². The number of aliphatic imine (C=N–C) groups is 1. The van der Waals surface area contributed by atoms with Crippen LogP contribution in [-0.2, 0) is 13.1 Å². The fourth-order valence-corrected chi connectivity index (χ4v) is 3.95. The van der Waals surface area contributed by atoms with E-state index in [0.29, 0.717) is 18.5 Å². The molecule has 2 unspecified atom stereocenters. The molecule has 25 heavy (non-hydrogen) atoms. The van der Waals surface area contributed by atoms with Gasteiger partial charge in [-0.1, -0.05) is 38.1 Å². The van der Waals surface area contributed by atoms with Crippen molar-refractivity contribution in [1.82, 2.24) is 9.80 Å². The lowest BCUT2D eigenvalue weighted by atomic mass is 9.91. The van der Waals surface area contributed by atoms with E-state index in [9.17, 15) is 0 Å². The Hall–Kier alpha value is -0.820. The first-order valence-electron chi connectivity index (χ1n) is 9.34. The minimum Gasteiger partial charge on any atom is -0.370 e. The SMILES string of the molecule is CC1CC(C)CN(Cc2ccccc2CN=C(N)N(C)C2CC2)C1.I. The van der Waals surface area contributed by atoms with Gasteiger partial charge >= 0.3 is 0 Å². The van der Waals surface area contributed by atoms with E-state index >= 15 is 0 Å². The van der Waals surface area contributed by atoms with Crippen LogP contribution < -0.4 is 5.73 Å². The standard InChI is InChI=1S/C20H32N4.HI/c1-15-10-16(2)13-24(12-15)14-18-7-5-4-6-17(18)11-22-20(21)23(3)19-8-9-19;/h4-7,15-16,19H,8-14H2,1-3H3,(H2,21,22);1H. The van der Waals surface area contributed by atoms with E-state index in [4.69, 9.17) is 5.73 Å². The van der Waals surface area contributed by atoms with Crippen molar-refractivity contribution in [1.29, 1.82) is 0 Å². The number of guanidine groups is 1. The number of rotatable bonds is 5. The van der Waals surface area contributed by atoms with Crippen molar-refractivity contribution >= 4 is 29.9 Å². The molecule has 2 N–H and O–H groups in total. The molecule has 140 valence electrons. The Morgan fingerprint density at radius 3 is 2.36 bits per heavy atom. The molecule has 2 aliphatic rings. The van der Waals surface area contributed by atoms with Gasteiger partial charge in [-0.2, -0.15) is 0 Å². The van der Waals surface area contributed by atoms with Crippen LogP contribution >= 0.6 is 24.0 Å². The van der Waals surface area contributed by atoms with Crippen LogP contribution in [0.2, 0.25) is 0 Å². The number of nitrogens with zero attached hydrogens (tertiary/aromatic N) is 3. The number of piperidine rings is 1. The molecule has 0 spiro atoms. The van der Waals surface area contributed by atoms with Crippen LogP contribution in [0.4, 0.5) is 0 Å². The molecule has 2 atom stereocenters. The Morgan fingerprint density at radius 2 is 1.76 bits per heavy atom. The first kappa shape index (κ1) is 20.5. The zero-order chi connectivity index (χ0) is 17.1. The highest BCUT2D eigenvalue weighted by Crippen LogP contribution is 2.25. The molecule has 1 saturated carbocycles. The summed E-state index contributed by atoms with van der Waals surface area (Å²) < 4.78 is 0. The molecule has 1 aliphatic heterocycles. The average Bonchev–Trinajstić information content (AvgIpc) is 3.37. The molecule has 3 rings (SSSR count). The second-order valence-corrected chi connectivity index (χ2v) is 7.93. The van der Waals surface area contributed by atoms with Gasteiger partial charge < -0.3 is 10.6 Å². The first-order chi connectivity index (χ1) is 11.5. The van der Waals surface area contributed by atoms with Gasteiger partial charge in [0.1, 0.15) is 0 Å². The summed E-state index contributed by atoms with van der Waals surface area (Å²) in [7, 11) is 2.05. The molecule has 1 aromatic carbocycles. The predicted molar refractivity (Wildman–Crippen MR) is 116 cm³/mol. The molecular formula is C20H33IN4. The van der Waals surface area contributed by atoms with Crippen molar-refractivity contribution in [3.8, 4) is 0 Å². The minimum absolute atomic E-state index is 0. The number of nitrogens with two attached hydrogens (primary N) is 1. The first-order valence-corrected chi connectivity index (χ1v) is 9.34. The van der Waals surface area contributed by atoms with Crippen molar-refractivity contribution in [2.24, 2.45) is 22.6 Å². The van der Waals surface area contributed by atoms with Gasteiger partial charge in [0.25, 0.3) is 0 Å². The van der Waals surface area contributed by atoms with Gasteiger partial charge in [0.2, 0.25) is 0 Å². The summed E-state index contributed by atoms with van der Waals surface area (Å²) >= 11 is 0. The van der Waals surface area contributed by atoms with E-state index in [1.807, 2.05) is 0 Å². The molecule has 0 radical (unpaired) electrons. The van der Waals surface area contributed by atoms with Crippen LogP contribution in [0.5, 0.6) is 0 Å². The fraction of sp³-hybridized carbons (Fsp3) is 0.650. The van der Waals surface area contributed by atoms with Crippen molar-refractivity contribution in [2.45, 2.75) is 52.2 Å². The summed E-state index contributed by atoms with van der Waals surface area (Å²) in [5, 5.41) is 0.